The lowest BCUT2D eigenvalue weighted by molar-refractivity contribution is 0.0973. The highest BCUT2D eigenvalue weighted by Crippen LogP contribution is 2.26. The lowest BCUT2D eigenvalue weighted by Gasteiger charge is -2.13. The highest BCUT2D eigenvalue weighted by Gasteiger charge is 2.17. The lowest BCUT2D eigenvalue weighted by atomic mass is 9.94. The Kier molecular flexibility index (Phi) is 12.2. The summed E-state index contributed by atoms with van der Waals surface area (Å²) in [5, 5.41) is 0. The normalized spacial score (nSPS) is 12.5. The van der Waals surface area contributed by atoms with E-state index >= 15 is 0 Å². The van der Waals surface area contributed by atoms with Gasteiger partial charge in [0.2, 0.25) is 0 Å². The number of alkyl halides is 1. The Labute approximate surface area is 264 Å². The van der Waals surface area contributed by atoms with Gasteiger partial charge in [-0.15, -0.1) is 0 Å². The van der Waals surface area contributed by atoms with Crippen LogP contribution in [0.15, 0.2) is 103 Å². The molecule has 0 bridgehead atoms. The quantitative estimate of drug-likeness (QED) is 0.0902. The number of ketones is 2. The Morgan fingerprint density at radius 1 is 0.628 bits per heavy atom. The second-order valence-corrected chi connectivity index (χ2v) is 12.7. The minimum absolute atomic E-state index is 0.110. The molecule has 224 valence electrons. The molecule has 0 aliphatic carbocycles. The van der Waals surface area contributed by atoms with Crippen molar-refractivity contribution in [2.24, 2.45) is 11.8 Å². The predicted molar refractivity (Wildman–Crippen MR) is 178 cm³/mol. The third kappa shape index (κ3) is 10.5. The van der Waals surface area contributed by atoms with E-state index in [9.17, 15) is 9.59 Å². The van der Waals surface area contributed by atoms with E-state index in [0.717, 1.165) is 54.9 Å². The van der Waals surface area contributed by atoms with Gasteiger partial charge in [-0.25, -0.2) is 0 Å². The second-order valence-electron chi connectivity index (χ2n) is 11.6. The summed E-state index contributed by atoms with van der Waals surface area (Å²) in [6, 6.07) is 32.5. The van der Waals surface area contributed by atoms with Crippen LogP contribution in [0.3, 0.4) is 0 Å². The fourth-order valence-corrected chi connectivity index (χ4v) is 5.43. The fraction of sp³-hybridized carbons (Fsp3) is 0.316. The number of rotatable bonds is 16. The van der Waals surface area contributed by atoms with Crippen LogP contribution < -0.4 is 9.47 Å². The van der Waals surface area contributed by atoms with Gasteiger partial charge in [-0.1, -0.05) is 67.0 Å². The van der Waals surface area contributed by atoms with Crippen molar-refractivity contribution in [3.05, 3.63) is 120 Å². The van der Waals surface area contributed by atoms with Gasteiger partial charge in [0.15, 0.2) is 11.6 Å². The molecule has 4 nitrogen and oxygen atoms in total. The molecule has 4 rings (SSSR count). The van der Waals surface area contributed by atoms with Gasteiger partial charge in [0.05, 0.1) is 4.83 Å². The van der Waals surface area contributed by atoms with E-state index in [0.29, 0.717) is 29.6 Å². The first-order chi connectivity index (χ1) is 20.8. The molecule has 0 aliphatic heterocycles. The standard InChI is InChI=1S/C38H41BrO4/c1-27(2)12-25-36(39)38(41)31-17-23-35(24-18-31)43-33-19-13-29(14-20-33)26-28(3)8-7-11-37(40)30-15-21-34(22-16-30)42-32-9-5-4-6-10-32/h4-6,9-10,13-24,27-28,36H,7-8,11-12,25-26H2,1-3H3. The molecule has 0 saturated heterocycles. The molecule has 2 atom stereocenters. The number of carbonyl (C=O) groups is 2. The van der Waals surface area contributed by atoms with Crippen molar-refractivity contribution in [1.82, 2.24) is 0 Å². The third-order valence-corrected chi connectivity index (χ3v) is 8.29. The summed E-state index contributed by atoms with van der Waals surface area (Å²) in [4.78, 5) is 25.2. The van der Waals surface area contributed by atoms with Crippen LogP contribution in [-0.2, 0) is 6.42 Å². The SMILES string of the molecule is CC(C)CCC(Br)C(=O)c1ccc(Oc2ccc(CC(C)CCCC(=O)c3ccc(Oc4ccccc4)cc3)cc2)cc1. The number of hydrogen-bond donors (Lipinski definition) is 0. The number of para-hydroxylation sites is 1. The van der Waals surface area contributed by atoms with Crippen LogP contribution in [-0.4, -0.2) is 16.4 Å². The third-order valence-electron chi connectivity index (χ3n) is 7.42. The van der Waals surface area contributed by atoms with Gasteiger partial charge in [0, 0.05) is 17.5 Å². The molecule has 0 aliphatic rings. The number of carbonyl (C=O) groups excluding carboxylic acids is 2. The largest absolute Gasteiger partial charge is 0.457 e. The summed E-state index contributed by atoms with van der Waals surface area (Å²) in [6.07, 6.45) is 5.17. The highest BCUT2D eigenvalue weighted by atomic mass is 79.9. The van der Waals surface area contributed by atoms with Gasteiger partial charge in [-0.3, -0.25) is 9.59 Å². The first-order valence-electron chi connectivity index (χ1n) is 15.2. The maximum absolute atomic E-state index is 12.7. The Morgan fingerprint density at radius 3 is 1.70 bits per heavy atom. The van der Waals surface area contributed by atoms with Crippen LogP contribution in [0.5, 0.6) is 23.0 Å². The molecular formula is C38H41BrO4. The minimum atomic E-state index is -0.157. The van der Waals surface area contributed by atoms with Gasteiger partial charge < -0.3 is 9.47 Å². The summed E-state index contributed by atoms with van der Waals surface area (Å²) < 4.78 is 11.8. The zero-order chi connectivity index (χ0) is 30.6. The van der Waals surface area contributed by atoms with Gasteiger partial charge in [0.1, 0.15) is 23.0 Å². The van der Waals surface area contributed by atoms with Gasteiger partial charge in [-0.05, 0) is 122 Å². The Hall–Kier alpha value is -3.70. The molecule has 0 radical (unpaired) electrons. The van der Waals surface area contributed by atoms with Gasteiger partial charge in [0.25, 0.3) is 0 Å². The Bertz CT molecular complexity index is 1430. The molecule has 4 aromatic carbocycles. The Morgan fingerprint density at radius 2 is 1.14 bits per heavy atom. The van der Waals surface area contributed by atoms with E-state index in [1.54, 1.807) is 0 Å². The average Bonchev–Trinajstić information content (AvgIpc) is 3.01. The first kappa shape index (κ1) is 32.2. The second kappa shape index (κ2) is 16.2. The van der Waals surface area contributed by atoms with E-state index < -0.39 is 0 Å². The number of ether oxygens (including phenoxy) is 2. The van der Waals surface area contributed by atoms with Crippen molar-refractivity contribution >= 4 is 27.5 Å². The van der Waals surface area contributed by atoms with E-state index in [1.165, 1.54) is 5.56 Å². The summed E-state index contributed by atoms with van der Waals surface area (Å²) in [6.45, 7) is 6.56. The molecule has 0 fully saturated rings. The average molecular weight is 642 g/mol. The van der Waals surface area contributed by atoms with Gasteiger partial charge in [-0.2, -0.15) is 0 Å². The number of halogens is 1. The first-order valence-corrected chi connectivity index (χ1v) is 16.1. The van der Waals surface area contributed by atoms with Crippen LogP contribution in [0.25, 0.3) is 0 Å². The number of hydrogen-bond acceptors (Lipinski definition) is 4. The molecule has 43 heavy (non-hydrogen) atoms. The molecule has 4 aromatic rings. The smallest absolute Gasteiger partial charge is 0.176 e. The zero-order valence-corrected chi connectivity index (χ0v) is 26.9. The molecule has 0 heterocycles. The summed E-state index contributed by atoms with van der Waals surface area (Å²) in [7, 11) is 0. The molecule has 0 N–H and O–H groups in total. The van der Waals surface area contributed by atoms with Crippen molar-refractivity contribution in [3.63, 3.8) is 0 Å². The van der Waals surface area contributed by atoms with E-state index in [-0.39, 0.29) is 16.4 Å². The van der Waals surface area contributed by atoms with Crippen LogP contribution in [0.1, 0.15) is 79.2 Å². The van der Waals surface area contributed by atoms with Crippen molar-refractivity contribution in [1.29, 1.82) is 0 Å². The molecule has 0 amide bonds. The molecule has 0 saturated carbocycles. The topological polar surface area (TPSA) is 52.6 Å². The monoisotopic (exact) mass is 640 g/mol. The van der Waals surface area contributed by atoms with Crippen LogP contribution in [0.4, 0.5) is 0 Å². The predicted octanol–water partition coefficient (Wildman–Crippen LogP) is 10.9. The van der Waals surface area contributed by atoms with Crippen LogP contribution in [0, 0.1) is 11.8 Å². The summed E-state index contributed by atoms with van der Waals surface area (Å²) in [5.41, 5.74) is 2.65. The molecule has 0 spiro atoms. The Balaban J connectivity index is 1.18. The minimum Gasteiger partial charge on any atom is -0.457 e. The highest BCUT2D eigenvalue weighted by molar-refractivity contribution is 9.10. The summed E-state index contributed by atoms with van der Waals surface area (Å²) >= 11 is 3.55. The molecule has 2 unspecified atom stereocenters. The lowest BCUT2D eigenvalue weighted by Crippen LogP contribution is -2.14. The maximum Gasteiger partial charge on any atom is 0.176 e. The van der Waals surface area contributed by atoms with Crippen LogP contribution in [0.2, 0.25) is 0 Å². The zero-order valence-electron chi connectivity index (χ0n) is 25.3. The molecule has 5 heteroatoms. The fourth-order valence-electron chi connectivity index (χ4n) is 4.90. The van der Waals surface area contributed by atoms with Crippen molar-refractivity contribution in [3.8, 4) is 23.0 Å². The van der Waals surface area contributed by atoms with Crippen LogP contribution >= 0.6 is 15.9 Å². The molecule has 0 aromatic heterocycles. The number of Topliss-reactive ketones (excluding diaryl/α,β-unsaturated/α-hetero) is 2. The maximum atomic E-state index is 12.7. The summed E-state index contributed by atoms with van der Waals surface area (Å²) in [5.74, 6) is 4.27. The van der Waals surface area contributed by atoms with Crippen molar-refractivity contribution in [2.45, 2.75) is 64.1 Å². The van der Waals surface area contributed by atoms with Gasteiger partial charge >= 0.3 is 0 Å². The van der Waals surface area contributed by atoms with Crippen molar-refractivity contribution in [2.75, 3.05) is 0 Å². The molecular weight excluding hydrogens is 600 g/mol. The van der Waals surface area contributed by atoms with E-state index in [1.807, 2.05) is 91.0 Å². The van der Waals surface area contributed by atoms with E-state index in [2.05, 4.69) is 48.8 Å². The van der Waals surface area contributed by atoms with Crippen molar-refractivity contribution < 1.29 is 19.1 Å². The number of benzene rings is 4. The van der Waals surface area contributed by atoms with E-state index in [4.69, 9.17) is 9.47 Å².